The molecular weight excluding hydrogens is 476 g/mol. The van der Waals surface area contributed by atoms with Gasteiger partial charge in [-0.3, -0.25) is 19.2 Å². The van der Waals surface area contributed by atoms with Crippen LogP contribution in [-0.2, 0) is 42.9 Å². The Morgan fingerprint density at radius 2 is 1.32 bits per heavy atom. The molecule has 12 heteroatoms. The third kappa shape index (κ3) is 8.38. The van der Waals surface area contributed by atoms with Gasteiger partial charge in [0, 0.05) is 27.7 Å². The predicted molar refractivity (Wildman–Crippen MR) is 115 cm³/mol. The Morgan fingerprint density at radius 1 is 0.794 bits per heavy atom. The van der Waals surface area contributed by atoms with E-state index in [1.54, 1.807) is 24.3 Å². The minimum atomic E-state index is -1.31. The standard InChI is InChI=1S/C22H27ClO11/c1-12(24)29-11-18-19(30-13(2)25)20(31-14(3)26)21(32-15(4)27)22(34-18)33-17-7-5-16(6-8-17)28-10-9-23/h5-8,18-22H,9-11H2,1-4H3/t18-,19-,20+,21-,22-/m1/s1. The number of hydrogen-bond donors (Lipinski definition) is 0. The minimum absolute atomic E-state index is 0.305. The zero-order valence-electron chi connectivity index (χ0n) is 19.2. The predicted octanol–water partition coefficient (Wildman–Crippen LogP) is 1.77. The van der Waals surface area contributed by atoms with E-state index >= 15 is 0 Å². The molecule has 1 aliphatic heterocycles. The molecule has 0 N–H and O–H groups in total. The van der Waals surface area contributed by atoms with Gasteiger partial charge in [-0.25, -0.2) is 0 Å². The summed E-state index contributed by atoms with van der Waals surface area (Å²) in [4.78, 5) is 46.8. The van der Waals surface area contributed by atoms with E-state index in [-0.39, 0.29) is 6.61 Å². The summed E-state index contributed by atoms with van der Waals surface area (Å²) in [6, 6.07) is 6.43. The second-order valence-corrected chi connectivity index (χ2v) is 7.57. The molecule has 5 atom stereocenters. The van der Waals surface area contributed by atoms with Gasteiger partial charge in [0.25, 0.3) is 0 Å². The zero-order valence-corrected chi connectivity index (χ0v) is 19.9. The number of rotatable bonds is 10. The lowest BCUT2D eigenvalue weighted by Crippen LogP contribution is -2.63. The molecular formula is C22H27ClO11. The van der Waals surface area contributed by atoms with Gasteiger partial charge in [0.05, 0.1) is 5.88 Å². The van der Waals surface area contributed by atoms with E-state index in [4.69, 9.17) is 44.8 Å². The Hall–Kier alpha value is -3.05. The molecule has 1 fully saturated rings. The fourth-order valence-corrected chi connectivity index (χ4v) is 3.27. The van der Waals surface area contributed by atoms with Crippen LogP contribution in [0.3, 0.4) is 0 Å². The van der Waals surface area contributed by atoms with Gasteiger partial charge in [0.1, 0.15) is 30.8 Å². The van der Waals surface area contributed by atoms with Gasteiger partial charge in [0.2, 0.25) is 12.4 Å². The summed E-state index contributed by atoms with van der Waals surface area (Å²) in [7, 11) is 0. The first-order valence-electron chi connectivity index (χ1n) is 10.4. The normalized spacial score (nSPS) is 23.9. The van der Waals surface area contributed by atoms with Crippen LogP contribution in [0.25, 0.3) is 0 Å². The first-order valence-corrected chi connectivity index (χ1v) is 10.9. The lowest BCUT2D eigenvalue weighted by Gasteiger charge is -2.43. The molecule has 0 aliphatic carbocycles. The molecule has 1 saturated heterocycles. The van der Waals surface area contributed by atoms with E-state index in [0.29, 0.717) is 24.0 Å². The van der Waals surface area contributed by atoms with Crippen molar-refractivity contribution in [1.29, 1.82) is 0 Å². The van der Waals surface area contributed by atoms with E-state index in [1.165, 1.54) is 6.92 Å². The second kappa shape index (κ2) is 13.0. The molecule has 188 valence electrons. The Labute approximate surface area is 201 Å². The smallest absolute Gasteiger partial charge is 0.303 e. The Balaban J connectivity index is 2.37. The van der Waals surface area contributed by atoms with Gasteiger partial charge in [-0.05, 0) is 24.3 Å². The number of esters is 4. The minimum Gasteiger partial charge on any atom is -0.492 e. The number of halogens is 1. The van der Waals surface area contributed by atoms with E-state index < -0.39 is 54.6 Å². The van der Waals surface area contributed by atoms with E-state index in [2.05, 4.69) is 0 Å². The maximum Gasteiger partial charge on any atom is 0.303 e. The van der Waals surface area contributed by atoms with Crippen molar-refractivity contribution >= 4 is 35.5 Å². The first-order chi connectivity index (χ1) is 16.1. The van der Waals surface area contributed by atoms with Crippen molar-refractivity contribution in [3.8, 4) is 11.5 Å². The number of hydrogen-bond acceptors (Lipinski definition) is 11. The molecule has 1 aliphatic rings. The highest BCUT2D eigenvalue weighted by atomic mass is 35.5. The van der Waals surface area contributed by atoms with Crippen molar-refractivity contribution in [2.45, 2.75) is 58.4 Å². The van der Waals surface area contributed by atoms with Crippen LogP contribution >= 0.6 is 11.6 Å². The lowest BCUT2D eigenvalue weighted by molar-refractivity contribution is -0.288. The highest BCUT2D eigenvalue weighted by molar-refractivity contribution is 6.18. The molecule has 0 saturated carbocycles. The summed E-state index contributed by atoms with van der Waals surface area (Å²) in [5.41, 5.74) is 0. The number of benzene rings is 1. The third-order valence-electron chi connectivity index (χ3n) is 4.37. The Morgan fingerprint density at radius 3 is 1.85 bits per heavy atom. The van der Waals surface area contributed by atoms with Gasteiger partial charge in [0.15, 0.2) is 12.2 Å². The Kier molecular flexibility index (Phi) is 10.4. The molecule has 1 aromatic carbocycles. The molecule has 1 heterocycles. The molecule has 0 spiro atoms. The molecule has 0 bridgehead atoms. The summed E-state index contributed by atoms with van der Waals surface area (Å²) in [6.07, 6.45) is -6.28. The highest BCUT2D eigenvalue weighted by Crippen LogP contribution is 2.31. The topological polar surface area (TPSA) is 133 Å². The van der Waals surface area contributed by atoms with Gasteiger partial charge >= 0.3 is 23.9 Å². The van der Waals surface area contributed by atoms with Crippen molar-refractivity contribution in [2.24, 2.45) is 0 Å². The molecule has 11 nitrogen and oxygen atoms in total. The van der Waals surface area contributed by atoms with Crippen molar-refractivity contribution in [3.63, 3.8) is 0 Å². The third-order valence-corrected chi connectivity index (χ3v) is 4.52. The molecule has 0 radical (unpaired) electrons. The molecule has 0 aromatic heterocycles. The summed E-state index contributed by atoms with van der Waals surface area (Å²) < 4.78 is 38.2. The first kappa shape index (κ1) is 27.2. The fourth-order valence-electron chi connectivity index (χ4n) is 3.19. The van der Waals surface area contributed by atoms with Gasteiger partial charge in [-0.2, -0.15) is 0 Å². The van der Waals surface area contributed by atoms with E-state index in [9.17, 15) is 19.2 Å². The number of carbonyl (C=O) groups is 4. The van der Waals surface area contributed by atoms with E-state index in [0.717, 1.165) is 20.8 Å². The van der Waals surface area contributed by atoms with Crippen molar-refractivity contribution in [1.82, 2.24) is 0 Å². The van der Waals surface area contributed by atoms with Gasteiger partial charge in [-0.1, -0.05) is 0 Å². The van der Waals surface area contributed by atoms with Crippen molar-refractivity contribution < 1.29 is 52.3 Å². The molecule has 34 heavy (non-hydrogen) atoms. The van der Waals surface area contributed by atoms with Crippen LogP contribution in [0.2, 0.25) is 0 Å². The number of carbonyl (C=O) groups excluding carboxylic acids is 4. The van der Waals surface area contributed by atoms with Crippen LogP contribution in [0.1, 0.15) is 27.7 Å². The number of alkyl halides is 1. The monoisotopic (exact) mass is 502 g/mol. The average molecular weight is 503 g/mol. The average Bonchev–Trinajstić information content (AvgIpc) is 2.75. The maximum absolute atomic E-state index is 11.8. The van der Waals surface area contributed by atoms with Crippen LogP contribution in [-0.4, -0.2) is 73.7 Å². The lowest BCUT2D eigenvalue weighted by atomic mass is 9.98. The fraction of sp³-hybridized carbons (Fsp3) is 0.545. The summed E-state index contributed by atoms with van der Waals surface area (Å²) in [6.45, 7) is 4.60. The van der Waals surface area contributed by atoms with Crippen LogP contribution in [0.4, 0.5) is 0 Å². The summed E-state index contributed by atoms with van der Waals surface area (Å²) in [5.74, 6) is -1.60. The van der Waals surface area contributed by atoms with Gasteiger partial charge < -0.3 is 33.2 Å². The molecule has 1 aromatic rings. The quantitative estimate of drug-likeness (QED) is 0.263. The molecule has 0 unspecified atom stereocenters. The van der Waals surface area contributed by atoms with Crippen LogP contribution in [0.15, 0.2) is 24.3 Å². The van der Waals surface area contributed by atoms with Crippen LogP contribution < -0.4 is 9.47 Å². The van der Waals surface area contributed by atoms with E-state index in [1.807, 2.05) is 0 Å². The summed E-state index contributed by atoms with van der Waals surface area (Å²) >= 11 is 5.61. The van der Waals surface area contributed by atoms with Crippen LogP contribution in [0.5, 0.6) is 11.5 Å². The van der Waals surface area contributed by atoms with Crippen LogP contribution in [0, 0.1) is 0 Å². The van der Waals surface area contributed by atoms with Gasteiger partial charge in [-0.15, -0.1) is 11.6 Å². The highest BCUT2D eigenvalue weighted by Gasteiger charge is 2.53. The number of ether oxygens (including phenoxy) is 7. The summed E-state index contributed by atoms with van der Waals surface area (Å²) in [5, 5.41) is 0. The second-order valence-electron chi connectivity index (χ2n) is 7.19. The Bertz CT molecular complexity index is 857. The maximum atomic E-state index is 11.8. The van der Waals surface area contributed by atoms with Crippen molar-refractivity contribution in [2.75, 3.05) is 19.1 Å². The van der Waals surface area contributed by atoms with Crippen molar-refractivity contribution in [3.05, 3.63) is 24.3 Å². The molecule has 0 amide bonds. The molecule has 2 rings (SSSR count). The largest absolute Gasteiger partial charge is 0.492 e. The zero-order chi connectivity index (χ0) is 25.3. The SMILES string of the molecule is CC(=O)OC[C@H]1O[C@@H](Oc2ccc(OCCCl)cc2)[C@H](OC(C)=O)[C@@H](OC(C)=O)[C@@H]1OC(C)=O.